The smallest absolute Gasteiger partial charge is 0.308 e. The molecule has 1 saturated carbocycles. The Kier molecular flexibility index (Phi) is 3.03. The van der Waals surface area contributed by atoms with E-state index >= 15 is 0 Å². The van der Waals surface area contributed by atoms with Crippen molar-refractivity contribution in [3.8, 4) is 11.3 Å². The van der Waals surface area contributed by atoms with Crippen LogP contribution in [0, 0.1) is 5.92 Å². The normalized spacial score (nSPS) is 21.7. The Bertz CT molecular complexity index is 573. The van der Waals surface area contributed by atoms with Crippen molar-refractivity contribution in [1.82, 2.24) is 14.8 Å². The van der Waals surface area contributed by atoms with E-state index < -0.39 is 0 Å². The highest BCUT2D eigenvalue weighted by molar-refractivity contribution is 5.73. The molecule has 0 saturated heterocycles. The molecule has 0 aliphatic heterocycles. The first-order chi connectivity index (χ1) is 9.28. The highest BCUT2D eigenvalue weighted by atomic mass is 16.5. The summed E-state index contributed by atoms with van der Waals surface area (Å²) in [5, 5.41) is 4.36. The molecule has 1 aliphatic carbocycles. The molecule has 2 heterocycles. The number of carbonyl (C=O) groups is 1. The van der Waals surface area contributed by atoms with Crippen molar-refractivity contribution >= 4 is 5.97 Å². The third-order valence-corrected chi connectivity index (χ3v) is 3.58. The molecule has 5 heteroatoms. The lowest BCUT2D eigenvalue weighted by molar-refractivity contribution is -0.149. The maximum atomic E-state index is 11.3. The fourth-order valence-corrected chi connectivity index (χ4v) is 2.37. The Morgan fingerprint density at radius 1 is 1.42 bits per heavy atom. The topological polar surface area (TPSA) is 57.0 Å². The summed E-state index contributed by atoms with van der Waals surface area (Å²) in [7, 11) is 1.43. The zero-order chi connectivity index (χ0) is 13.2. The molecular weight excluding hydrogens is 242 g/mol. The van der Waals surface area contributed by atoms with Gasteiger partial charge in [0, 0.05) is 18.0 Å². The lowest BCUT2D eigenvalue weighted by Crippen LogP contribution is -2.33. The maximum Gasteiger partial charge on any atom is 0.308 e. The lowest BCUT2D eigenvalue weighted by Gasteiger charge is -2.33. The zero-order valence-electron chi connectivity index (χ0n) is 10.7. The fourth-order valence-electron chi connectivity index (χ4n) is 2.37. The van der Waals surface area contributed by atoms with E-state index in [1.807, 2.05) is 35.3 Å². The highest BCUT2D eigenvalue weighted by Gasteiger charge is 2.36. The van der Waals surface area contributed by atoms with Crippen LogP contribution in [0.25, 0.3) is 11.3 Å². The summed E-state index contributed by atoms with van der Waals surface area (Å²) in [6.07, 6.45) is 7.17. The van der Waals surface area contributed by atoms with Gasteiger partial charge >= 0.3 is 5.97 Å². The van der Waals surface area contributed by atoms with Gasteiger partial charge in [-0.25, -0.2) is 0 Å². The van der Waals surface area contributed by atoms with Crippen LogP contribution in [0.2, 0.25) is 0 Å². The number of aromatic nitrogens is 3. The highest BCUT2D eigenvalue weighted by Crippen LogP contribution is 2.38. The second-order valence-corrected chi connectivity index (χ2v) is 4.77. The number of ether oxygens (including phenoxy) is 1. The van der Waals surface area contributed by atoms with E-state index in [4.69, 9.17) is 4.74 Å². The summed E-state index contributed by atoms with van der Waals surface area (Å²) >= 11 is 0. The van der Waals surface area contributed by atoms with Crippen molar-refractivity contribution in [1.29, 1.82) is 0 Å². The van der Waals surface area contributed by atoms with Crippen LogP contribution in [0.5, 0.6) is 0 Å². The van der Waals surface area contributed by atoms with Gasteiger partial charge in [0.1, 0.15) is 0 Å². The van der Waals surface area contributed by atoms with Gasteiger partial charge in [-0.2, -0.15) is 5.10 Å². The first-order valence-electron chi connectivity index (χ1n) is 6.31. The Balaban J connectivity index is 1.69. The molecule has 0 unspecified atom stereocenters. The molecule has 0 N–H and O–H groups in total. The average Bonchev–Trinajstić information content (AvgIpc) is 2.87. The number of methoxy groups -OCH3 is 1. The Labute approximate surface area is 111 Å². The number of rotatable bonds is 3. The minimum absolute atomic E-state index is 0.0255. The number of nitrogens with zero attached hydrogens (tertiary/aromatic N) is 3. The molecule has 0 atom stereocenters. The van der Waals surface area contributed by atoms with Crippen molar-refractivity contribution in [3.63, 3.8) is 0 Å². The molecule has 0 radical (unpaired) electrons. The molecule has 0 spiro atoms. The first kappa shape index (κ1) is 11.9. The lowest BCUT2D eigenvalue weighted by atomic mass is 9.80. The maximum absolute atomic E-state index is 11.3. The molecule has 0 aromatic carbocycles. The van der Waals surface area contributed by atoms with Gasteiger partial charge in [0.2, 0.25) is 0 Å². The van der Waals surface area contributed by atoms with E-state index in [1.165, 1.54) is 7.11 Å². The summed E-state index contributed by atoms with van der Waals surface area (Å²) in [6.45, 7) is 0. The molecule has 1 aliphatic rings. The van der Waals surface area contributed by atoms with Crippen LogP contribution < -0.4 is 0 Å². The predicted molar refractivity (Wildman–Crippen MR) is 69.2 cm³/mol. The number of pyridine rings is 1. The van der Waals surface area contributed by atoms with Gasteiger partial charge < -0.3 is 4.74 Å². The van der Waals surface area contributed by atoms with Crippen molar-refractivity contribution in [2.24, 2.45) is 5.92 Å². The molecule has 19 heavy (non-hydrogen) atoms. The monoisotopic (exact) mass is 257 g/mol. The molecule has 1 fully saturated rings. The van der Waals surface area contributed by atoms with Crippen LogP contribution in [0.3, 0.4) is 0 Å². The van der Waals surface area contributed by atoms with Gasteiger partial charge in [0.05, 0.1) is 31.0 Å². The minimum atomic E-state index is -0.117. The number of hydrogen-bond acceptors (Lipinski definition) is 4. The van der Waals surface area contributed by atoms with Crippen molar-refractivity contribution in [2.45, 2.75) is 18.9 Å². The Morgan fingerprint density at radius 2 is 2.26 bits per heavy atom. The van der Waals surface area contributed by atoms with Gasteiger partial charge in [-0.05, 0) is 25.0 Å². The molecule has 0 bridgehead atoms. The molecule has 2 aromatic heterocycles. The first-order valence-corrected chi connectivity index (χ1v) is 6.31. The van der Waals surface area contributed by atoms with Crippen molar-refractivity contribution < 1.29 is 9.53 Å². The molecule has 2 aromatic rings. The third-order valence-electron chi connectivity index (χ3n) is 3.58. The largest absolute Gasteiger partial charge is 0.469 e. The second-order valence-electron chi connectivity index (χ2n) is 4.77. The SMILES string of the molecule is COC(=O)C1CC(n2cc(-c3ccccn3)cn2)C1. The summed E-state index contributed by atoms with van der Waals surface area (Å²) < 4.78 is 6.65. The summed E-state index contributed by atoms with van der Waals surface area (Å²) in [6, 6.07) is 6.10. The van der Waals surface area contributed by atoms with E-state index in [9.17, 15) is 4.79 Å². The molecule has 0 amide bonds. The number of carbonyl (C=O) groups excluding carboxylic acids is 1. The number of esters is 1. The van der Waals surface area contributed by atoms with Crippen LogP contribution in [0.15, 0.2) is 36.8 Å². The zero-order valence-corrected chi connectivity index (χ0v) is 10.7. The van der Waals surface area contributed by atoms with Crippen LogP contribution in [-0.2, 0) is 9.53 Å². The predicted octanol–water partition coefficient (Wildman–Crippen LogP) is 2.07. The standard InChI is InChI=1S/C14H15N3O2/c1-19-14(18)10-6-12(7-10)17-9-11(8-16-17)13-4-2-3-5-15-13/h2-5,8-10,12H,6-7H2,1H3. The Hall–Kier alpha value is -2.17. The van der Waals surface area contributed by atoms with E-state index in [1.54, 1.807) is 6.20 Å². The van der Waals surface area contributed by atoms with Crippen LogP contribution in [-0.4, -0.2) is 27.8 Å². The van der Waals surface area contributed by atoms with Gasteiger partial charge in [-0.1, -0.05) is 6.07 Å². The van der Waals surface area contributed by atoms with Gasteiger partial charge in [0.25, 0.3) is 0 Å². The number of hydrogen-bond donors (Lipinski definition) is 0. The summed E-state index contributed by atoms with van der Waals surface area (Å²) in [4.78, 5) is 15.6. The van der Waals surface area contributed by atoms with Gasteiger partial charge in [0.15, 0.2) is 0 Å². The summed E-state index contributed by atoms with van der Waals surface area (Å²) in [5.74, 6) is -0.0918. The van der Waals surface area contributed by atoms with Crippen LogP contribution >= 0.6 is 0 Å². The van der Waals surface area contributed by atoms with E-state index in [2.05, 4.69) is 10.1 Å². The molecular formula is C14H15N3O2. The molecule has 5 nitrogen and oxygen atoms in total. The van der Waals surface area contributed by atoms with E-state index in [-0.39, 0.29) is 11.9 Å². The Morgan fingerprint density at radius 3 is 2.95 bits per heavy atom. The van der Waals surface area contributed by atoms with Crippen LogP contribution in [0.4, 0.5) is 0 Å². The van der Waals surface area contributed by atoms with E-state index in [0.717, 1.165) is 24.1 Å². The summed E-state index contributed by atoms with van der Waals surface area (Å²) in [5.41, 5.74) is 1.92. The fraction of sp³-hybridized carbons (Fsp3) is 0.357. The van der Waals surface area contributed by atoms with Gasteiger partial charge in [-0.3, -0.25) is 14.5 Å². The van der Waals surface area contributed by atoms with Crippen molar-refractivity contribution in [3.05, 3.63) is 36.8 Å². The molecule has 3 rings (SSSR count). The minimum Gasteiger partial charge on any atom is -0.469 e. The average molecular weight is 257 g/mol. The second kappa shape index (κ2) is 4.84. The van der Waals surface area contributed by atoms with Crippen LogP contribution in [0.1, 0.15) is 18.9 Å². The van der Waals surface area contributed by atoms with Gasteiger partial charge in [-0.15, -0.1) is 0 Å². The van der Waals surface area contributed by atoms with E-state index in [0.29, 0.717) is 6.04 Å². The third kappa shape index (κ3) is 2.23. The molecule has 98 valence electrons. The quantitative estimate of drug-likeness (QED) is 0.790. The van der Waals surface area contributed by atoms with Crippen molar-refractivity contribution in [2.75, 3.05) is 7.11 Å².